The van der Waals surface area contributed by atoms with Gasteiger partial charge in [-0.3, -0.25) is 9.59 Å². The summed E-state index contributed by atoms with van der Waals surface area (Å²) in [5, 5.41) is 12.8. The van der Waals surface area contributed by atoms with Crippen molar-refractivity contribution in [2.24, 2.45) is 0 Å². The fraction of sp³-hybridized carbons (Fsp3) is 0.889. The van der Waals surface area contributed by atoms with Crippen LogP contribution in [0.1, 0.15) is 72.1 Å². The minimum Gasteiger partial charge on any atom is -0.466 e. The lowest BCUT2D eigenvalue weighted by atomic mass is 10.1. The Labute approximate surface area is 146 Å². The van der Waals surface area contributed by atoms with Gasteiger partial charge in [-0.1, -0.05) is 26.2 Å². The molecule has 0 aromatic carbocycles. The van der Waals surface area contributed by atoms with E-state index in [2.05, 4.69) is 5.32 Å². The molecule has 0 spiro atoms. The van der Waals surface area contributed by atoms with Crippen molar-refractivity contribution >= 4 is 11.9 Å². The summed E-state index contributed by atoms with van der Waals surface area (Å²) in [6, 6.07) is -0.320. The molecular formula is C18H35NO5. The molecule has 2 atom stereocenters. The van der Waals surface area contributed by atoms with E-state index in [-0.39, 0.29) is 24.1 Å². The van der Waals surface area contributed by atoms with Crippen LogP contribution in [0.5, 0.6) is 0 Å². The lowest BCUT2D eigenvalue weighted by molar-refractivity contribution is -0.146. The second-order valence-electron chi connectivity index (χ2n) is 5.87. The molecule has 0 saturated heterocycles. The number of carbonyl (C=O) groups excluding carboxylic acids is 2. The third-order valence-electron chi connectivity index (χ3n) is 3.84. The highest BCUT2D eigenvalue weighted by Gasteiger charge is 2.18. The van der Waals surface area contributed by atoms with Gasteiger partial charge >= 0.3 is 11.9 Å². The van der Waals surface area contributed by atoms with Crippen LogP contribution in [-0.4, -0.2) is 48.9 Å². The first-order chi connectivity index (χ1) is 11.5. The fourth-order valence-corrected chi connectivity index (χ4v) is 2.38. The number of esters is 2. The molecule has 0 aromatic heterocycles. The molecule has 2 N–H and O–H groups in total. The van der Waals surface area contributed by atoms with Crippen LogP contribution in [0.3, 0.4) is 0 Å². The molecule has 0 heterocycles. The molecule has 0 aliphatic carbocycles. The Hall–Kier alpha value is -1.14. The van der Waals surface area contributed by atoms with Crippen LogP contribution < -0.4 is 5.32 Å². The van der Waals surface area contributed by atoms with Crippen molar-refractivity contribution in [1.82, 2.24) is 5.32 Å². The van der Waals surface area contributed by atoms with Crippen molar-refractivity contribution in [3.05, 3.63) is 0 Å². The van der Waals surface area contributed by atoms with Crippen LogP contribution in [0.2, 0.25) is 0 Å². The number of carbonyl (C=O) groups is 2. The molecule has 0 saturated carbocycles. The van der Waals surface area contributed by atoms with Crippen molar-refractivity contribution in [1.29, 1.82) is 0 Å². The molecule has 0 fully saturated rings. The van der Waals surface area contributed by atoms with Gasteiger partial charge in [0.2, 0.25) is 0 Å². The van der Waals surface area contributed by atoms with Crippen molar-refractivity contribution < 1.29 is 24.2 Å². The highest BCUT2D eigenvalue weighted by molar-refractivity contribution is 5.75. The summed E-state index contributed by atoms with van der Waals surface area (Å²) < 4.78 is 9.99. The van der Waals surface area contributed by atoms with Crippen molar-refractivity contribution in [3.8, 4) is 0 Å². The van der Waals surface area contributed by atoms with Crippen molar-refractivity contribution in [3.63, 3.8) is 0 Å². The Bertz CT molecular complexity index is 335. The topological polar surface area (TPSA) is 84.9 Å². The molecule has 142 valence electrons. The minimum absolute atomic E-state index is 0.141. The third-order valence-corrected chi connectivity index (χ3v) is 3.84. The summed E-state index contributed by atoms with van der Waals surface area (Å²) in [6.45, 7) is 6.93. The zero-order valence-electron chi connectivity index (χ0n) is 15.5. The number of hydrogen-bond donors (Lipinski definition) is 2. The summed E-state index contributed by atoms with van der Waals surface area (Å²) in [6.07, 6.45) is 5.82. The molecule has 2 unspecified atom stereocenters. The highest BCUT2D eigenvalue weighted by Crippen LogP contribution is 2.10. The van der Waals surface area contributed by atoms with Crippen LogP contribution in [0.4, 0.5) is 0 Å². The zero-order valence-corrected chi connectivity index (χ0v) is 15.5. The van der Waals surface area contributed by atoms with Crippen molar-refractivity contribution in [2.45, 2.75) is 84.3 Å². The maximum atomic E-state index is 12.0. The number of hydrogen-bond acceptors (Lipinski definition) is 6. The number of rotatable bonds is 15. The van der Waals surface area contributed by atoms with E-state index in [1.807, 2.05) is 6.92 Å². The number of nitrogens with one attached hydrogen (secondary N) is 1. The third kappa shape index (κ3) is 12.3. The van der Waals surface area contributed by atoms with E-state index in [0.717, 1.165) is 25.7 Å². The maximum absolute atomic E-state index is 12.0. The van der Waals surface area contributed by atoms with Gasteiger partial charge in [-0.05, 0) is 46.1 Å². The Morgan fingerprint density at radius 1 is 0.958 bits per heavy atom. The first-order valence-corrected chi connectivity index (χ1v) is 9.28. The van der Waals surface area contributed by atoms with E-state index in [9.17, 15) is 14.7 Å². The van der Waals surface area contributed by atoms with Gasteiger partial charge in [0.1, 0.15) is 6.04 Å². The zero-order chi connectivity index (χ0) is 18.2. The normalized spacial score (nSPS) is 13.3. The highest BCUT2D eigenvalue weighted by atomic mass is 16.5. The molecule has 0 aliphatic heterocycles. The van der Waals surface area contributed by atoms with E-state index in [0.29, 0.717) is 45.4 Å². The van der Waals surface area contributed by atoms with Gasteiger partial charge in [-0.15, -0.1) is 0 Å². The van der Waals surface area contributed by atoms with E-state index < -0.39 is 0 Å². The van der Waals surface area contributed by atoms with Crippen LogP contribution >= 0.6 is 0 Å². The van der Waals surface area contributed by atoms with E-state index >= 15 is 0 Å². The number of aliphatic hydroxyl groups is 1. The van der Waals surface area contributed by atoms with Gasteiger partial charge in [0.05, 0.1) is 19.3 Å². The van der Waals surface area contributed by atoms with Crippen LogP contribution in [0, 0.1) is 0 Å². The molecule has 0 aromatic rings. The van der Waals surface area contributed by atoms with Gasteiger partial charge in [-0.2, -0.15) is 0 Å². The average Bonchev–Trinajstić information content (AvgIpc) is 2.56. The quantitative estimate of drug-likeness (QED) is 0.350. The smallest absolute Gasteiger partial charge is 0.323 e. The maximum Gasteiger partial charge on any atom is 0.323 e. The Balaban J connectivity index is 3.95. The Morgan fingerprint density at radius 2 is 1.62 bits per heavy atom. The molecular weight excluding hydrogens is 310 g/mol. The van der Waals surface area contributed by atoms with Crippen molar-refractivity contribution in [2.75, 3.05) is 19.8 Å². The van der Waals surface area contributed by atoms with Gasteiger partial charge in [0.15, 0.2) is 0 Å². The molecule has 0 radical (unpaired) electrons. The first kappa shape index (κ1) is 22.9. The van der Waals surface area contributed by atoms with E-state index in [4.69, 9.17) is 9.47 Å². The second kappa shape index (κ2) is 15.4. The lowest BCUT2D eigenvalue weighted by Gasteiger charge is -2.18. The van der Waals surface area contributed by atoms with Gasteiger partial charge in [-0.25, -0.2) is 0 Å². The molecule has 24 heavy (non-hydrogen) atoms. The molecule has 6 nitrogen and oxygen atoms in total. The fourth-order valence-electron chi connectivity index (χ4n) is 2.38. The van der Waals surface area contributed by atoms with E-state index in [1.54, 1.807) is 13.8 Å². The van der Waals surface area contributed by atoms with E-state index in [1.165, 1.54) is 0 Å². The standard InChI is InChI=1S/C18H35NO5/c1-4-15(20)13-14-19-16(18(22)24-6-3)11-9-7-8-10-12-17(21)23-5-2/h15-16,19-20H,4-14H2,1-3H3. The first-order valence-electron chi connectivity index (χ1n) is 9.28. The van der Waals surface area contributed by atoms with Crippen LogP contribution in [0.25, 0.3) is 0 Å². The SMILES string of the molecule is CCOC(=O)CCCCCCC(NCCC(O)CC)C(=O)OCC. The van der Waals surface area contributed by atoms with Crippen LogP contribution in [-0.2, 0) is 19.1 Å². The lowest BCUT2D eigenvalue weighted by Crippen LogP contribution is -2.39. The Kier molecular flexibility index (Phi) is 14.7. The molecule has 0 rings (SSSR count). The number of unbranched alkanes of at least 4 members (excludes halogenated alkanes) is 3. The summed E-state index contributed by atoms with van der Waals surface area (Å²) in [4.78, 5) is 23.2. The van der Waals surface area contributed by atoms with Gasteiger partial charge in [0.25, 0.3) is 0 Å². The molecule has 0 aliphatic rings. The average molecular weight is 345 g/mol. The summed E-state index contributed by atoms with van der Waals surface area (Å²) in [5.74, 6) is -0.368. The predicted molar refractivity (Wildman–Crippen MR) is 93.7 cm³/mol. The molecule has 0 bridgehead atoms. The largest absolute Gasteiger partial charge is 0.466 e. The summed E-state index contributed by atoms with van der Waals surface area (Å²) >= 11 is 0. The number of aliphatic hydroxyl groups excluding tert-OH is 1. The molecule has 0 amide bonds. The number of ether oxygens (including phenoxy) is 2. The molecule has 6 heteroatoms. The summed E-state index contributed by atoms with van der Waals surface area (Å²) in [7, 11) is 0. The minimum atomic E-state index is -0.330. The summed E-state index contributed by atoms with van der Waals surface area (Å²) in [5.41, 5.74) is 0. The monoisotopic (exact) mass is 345 g/mol. The van der Waals surface area contributed by atoms with Crippen LogP contribution in [0.15, 0.2) is 0 Å². The Morgan fingerprint density at radius 3 is 2.25 bits per heavy atom. The van der Waals surface area contributed by atoms with Gasteiger partial charge in [0, 0.05) is 6.42 Å². The predicted octanol–water partition coefficient (Wildman–Crippen LogP) is 2.57. The van der Waals surface area contributed by atoms with Gasteiger partial charge < -0.3 is 19.9 Å². The second-order valence-corrected chi connectivity index (χ2v) is 5.87.